The van der Waals surface area contributed by atoms with E-state index >= 15 is 0 Å². The highest BCUT2D eigenvalue weighted by atomic mass is 32.1. The van der Waals surface area contributed by atoms with E-state index in [0.717, 1.165) is 21.7 Å². The van der Waals surface area contributed by atoms with Crippen molar-refractivity contribution in [2.75, 3.05) is 14.2 Å². The number of hydrogen-bond donors (Lipinski definition) is 0. The molecule has 3 aromatic rings. The maximum absolute atomic E-state index is 12.8. The van der Waals surface area contributed by atoms with Crippen molar-refractivity contribution < 1.29 is 13.9 Å². The first-order valence-electron chi connectivity index (χ1n) is 8.17. The number of rotatable bonds is 5. The number of hydrogen-bond acceptors (Lipinski definition) is 5. The Morgan fingerprint density at radius 2 is 2.16 bits per heavy atom. The minimum Gasteiger partial charge on any atom is -0.497 e. The third-order valence-corrected chi connectivity index (χ3v) is 5.34. The molecule has 0 saturated heterocycles. The van der Waals surface area contributed by atoms with Gasteiger partial charge in [-0.1, -0.05) is 13.8 Å². The van der Waals surface area contributed by atoms with Gasteiger partial charge in [-0.05, 0) is 19.1 Å². The summed E-state index contributed by atoms with van der Waals surface area (Å²) in [5.41, 5.74) is 2.40. The fourth-order valence-electron chi connectivity index (χ4n) is 2.69. The molecule has 6 heteroatoms. The molecule has 0 fully saturated rings. The summed E-state index contributed by atoms with van der Waals surface area (Å²) >= 11 is 1.63. The van der Waals surface area contributed by atoms with E-state index in [1.165, 1.54) is 0 Å². The van der Waals surface area contributed by atoms with Gasteiger partial charge in [-0.2, -0.15) is 0 Å². The molecular formula is C19H22N2O3S. The summed E-state index contributed by atoms with van der Waals surface area (Å²) in [4.78, 5) is 19.0. The fraction of sp³-hybridized carbons (Fsp3) is 0.368. The van der Waals surface area contributed by atoms with E-state index in [-0.39, 0.29) is 5.91 Å². The van der Waals surface area contributed by atoms with Gasteiger partial charge in [-0.15, -0.1) is 11.3 Å². The number of amides is 1. The monoisotopic (exact) mass is 358 g/mol. The minimum absolute atomic E-state index is 0.147. The lowest BCUT2D eigenvalue weighted by Crippen LogP contribution is -2.26. The second kappa shape index (κ2) is 6.88. The molecule has 0 spiro atoms. The third-order valence-electron chi connectivity index (χ3n) is 4.15. The zero-order valence-electron chi connectivity index (χ0n) is 15.1. The normalized spacial score (nSPS) is 11.3. The molecule has 132 valence electrons. The molecule has 1 aromatic carbocycles. The van der Waals surface area contributed by atoms with Crippen molar-refractivity contribution >= 4 is 28.2 Å². The van der Waals surface area contributed by atoms with E-state index in [1.807, 2.05) is 24.4 Å². The average Bonchev–Trinajstić information content (AvgIpc) is 3.19. The topological polar surface area (TPSA) is 55.6 Å². The highest BCUT2D eigenvalue weighted by molar-refractivity contribution is 7.09. The zero-order valence-corrected chi connectivity index (χ0v) is 15.9. The van der Waals surface area contributed by atoms with Crippen molar-refractivity contribution in [1.29, 1.82) is 0 Å². The van der Waals surface area contributed by atoms with Gasteiger partial charge in [0, 0.05) is 35.4 Å². The van der Waals surface area contributed by atoms with Crippen molar-refractivity contribution in [2.45, 2.75) is 33.2 Å². The van der Waals surface area contributed by atoms with Crippen molar-refractivity contribution in [3.05, 3.63) is 45.6 Å². The summed E-state index contributed by atoms with van der Waals surface area (Å²) in [6.45, 7) is 6.59. The number of furan rings is 1. The highest BCUT2D eigenvalue weighted by Crippen LogP contribution is 2.29. The molecule has 0 N–H and O–H groups in total. The van der Waals surface area contributed by atoms with E-state index in [0.29, 0.717) is 29.6 Å². The van der Waals surface area contributed by atoms with Crippen molar-refractivity contribution in [2.24, 2.45) is 0 Å². The van der Waals surface area contributed by atoms with Crippen LogP contribution in [0.2, 0.25) is 0 Å². The summed E-state index contributed by atoms with van der Waals surface area (Å²) in [6, 6.07) is 5.58. The Bertz CT molecular complexity index is 911. The van der Waals surface area contributed by atoms with Crippen LogP contribution in [0.25, 0.3) is 11.0 Å². The Morgan fingerprint density at radius 1 is 1.40 bits per heavy atom. The van der Waals surface area contributed by atoms with Gasteiger partial charge in [0.2, 0.25) is 0 Å². The van der Waals surface area contributed by atoms with Crippen LogP contribution in [0.3, 0.4) is 0 Å². The molecule has 0 aliphatic carbocycles. The van der Waals surface area contributed by atoms with E-state index in [2.05, 4.69) is 18.8 Å². The number of aromatic nitrogens is 1. The smallest absolute Gasteiger partial charge is 0.289 e. The lowest BCUT2D eigenvalue weighted by Gasteiger charge is -2.14. The van der Waals surface area contributed by atoms with Gasteiger partial charge in [0.1, 0.15) is 11.3 Å². The number of thiazole rings is 1. The Kier molecular flexibility index (Phi) is 4.81. The summed E-state index contributed by atoms with van der Waals surface area (Å²) < 4.78 is 11.0. The molecule has 0 radical (unpaired) electrons. The second-order valence-electron chi connectivity index (χ2n) is 6.41. The van der Waals surface area contributed by atoms with Crippen molar-refractivity contribution in [1.82, 2.24) is 9.88 Å². The predicted octanol–water partition coefficient (Wildman–Crippen LogP) is 4.60. The Morgan fingerprint density at radius 3 is 2.80 bits per heavy atom. The molecule has 2 aromatic heterocycles. The molecule has 0 saturated carbocycles. The van der Waals surface area contributed by atoms with Gasteiger partial charge in [0.25, 0.3) is 5.91 Å². The first-order chi connectivity index (χ1) is 11.9. The van der Waals surface area contributed by atoms with Crippen LogP contribution in [0.4, 0.5) is 0 Å². The molecule has 3 rings (SSSR count). The lowest BCUT2D eigenvalue weighted by atomic mass is 10.1. The van der Waals surface area contributed by atoms with E-state index in [1.54, 1.807) is 36.5 Å². The summed E-state index contributed by atoms with van der Waals surface area (Å²) in [5, 5.41) is 4.02. The molecule has 5 nitrogen and oxygen atoms in total. The largest absolute Gasteiger partial charge is 0.497 e. The molecular weight excluding hydrogens is 336 g/mol. The van der Waals surface area contributed by atoms with Crippen molar-refractivity contribution in [3.8, 4) is 5.75 Å². The Hall–Kier alpha value is -2.34. The van der Waals surface area contributed by atoms with Crippen LogP contribution in [0.1, 0.15) is 46.6 Å². The first kappa shape index (κ1) is 17.5. The average molecular weight is 358 g/mol. The number of carbonyl (C=O) groups excluding carboxylic acids is 1. The van der Waals surface area contributed by atoms with Gasteiger partial charge in [0.05, 0.1) is 24.4 Å². The van der Waals surface area contributed by atoms with E-state index in [9.17, 15) is 4.79 Å². The van der Waals surface area contributed by atoms with Gasteiger partial charge in [-0.25, -0.2) is 4.98 Å². The quantitative estimate of drug-likeness (QED) is 0.669. The number of methoxy groups -OCH3 is 1. The predicted molar refractivity (Wildman–Crippen MR) is 99.5 cm³/mol. The molecule has 2 heterocycles. The number of nitrogens with zero attached hydrogens (tertiary/aromatic N) is 2. The number of fused-ring (bicyclic) bond motifs is 1. The highest BCUT2D eigenvalue weighted by Gasteiger charge is 2.22. The van der Waals surface area contributed by atoms with Crippen LogP contribution in [-0.4, -0.2) is 29.9 Å². The molecule has 0 aliphatic heterocycles. The number of carbonyl (C=O) groups is 1. The second-order valence-corrected chi connectivity index (χ2v) is 7.30. The van der Waals surface area contributed by atoms with Gasteiger partial charge in [-0.3, -0.25) is 4.79 Å². The number of ether oxygens (including phenoxy) is 1. The van der Waals surface area contributed by atoms with Gasteiger partial charge in [0.15, 0.2) is 5.76 Å². The standard InChI is InChI=1S/C19H22N2O3S/c1-11(2)18-20-13(10-25-18)9-21(4)19(22)17-12(3)15-7-6-14(23-5)8-16(15)24-17/h6-8,10-11H,9H2,1-5H3. The Balaban J connectivity index is 1.83. The van der Waals surface area contributed by atoms with Gasteiger partial charge < -0.3 is 14.1 Å². The van der Waals surface area contributed by atoms with E-state index < -0.39 is 0 Å². The SMILES string of the molecule is COc1ccc2c(C)c(C(=O)N(C)Cc3csc(C(C)C)n3)oc2c1. The molecule has 25 heavy (non-hydrogen) atoms. The summed E-state index contributed by atoms with van der Waals surface area (Å²) in [7, 11) is 3.38. The van der Waals surface area contributed by atoms with Crippen molar-refractivity contribution in [3.63, 3.8) is 0 Å². The fourth-order valence-corrected chi connectivity index (χ4v) is 3.51. The number of benzene rings is 1. The first-order valence-corrected chi connectivity index (χ1v) is 9.05. The van der Waals surface area contributed by atoms with Crippen LogP contribution in [0.5, 0.6) is 5.75 Å². The molecule has 1 amide bonds. The zero-order chi connectivity index (χ0) is 18.1. The lowest BCUT2D eigenvalue weighted by molar-refractivity contribution is 0.0753. The van der Waals surface area contributed by atoms with Crippen LogP contribution < -0.4 is 4.74 Å². The molecule has 0 aliphatic rings. The Labute approximate surface area is 151 Å². The third kappa shape index (κ3) is 3.39. The minimum atomic E-state index is -0.147. The van der Waals surface area contributed by atoms with E-state index in [4.69, 9.17) is 9.15 Å². The summed E-state index contributed by atoms with van der Waals surface area (Å²) in [5.74, 6) is 1.32. The maximum atomic E-state index is 12.8. The summed E-state index contributed by atoms with van der Waals surface area (Å²) in [6.07, 6.45) is 0. The molecule has 0 unspecified atom stereocenters. The van der Waals surface area contributed by atoms with Crippen LogP contribution in [0.15, 0.2) is 28.0 Å². The van der Waals surface area contributed by atoms with Crippen LogP contribution in [0, 0.1) is 6.92 Å². The molecule has 0 bridgehead atoms. The maximum Gasteiger partial charge on any atom is 0.289 e. The van der Waals surface area contributed by atoms with Crippen LogP contribution >= 0.6 is 11.3 Å². The van der Waals surface area contributed by atoms with Crippen LogP contribution in [-0.2, 0) is 6.54 Å². The number of aryl methyl sites for hydroxylation is 1. The molecule has 0 atom stereocenters. The van der Waals surface area contributed by atoms with Gasteiger partial charge >= 0.3 is 0 Å².